The Morgan fingerprint density at radius 3 is 2.12 bits per heavy atom. The second kappa shape index (κ2) is 9.97. The third-order valence-electron chi connectivity index (χ3n) is 3.00. The van der Waals surface area contributed by atoms with Crippen LogP contribution in [0.4, 0.5) is 11.4 Å². The van der Waals surface area contributed by atoms with E-state index in [1.807, 2.05) is 24.3 Å². The van der Waals surface area contributed by atoms with Crippen molar-refractivity contribution in [3.63, 3.8) is 0 Å². The second-order valence-electron chi connectivity index (χ2n) is 5.03. The van der Waals surface area contributed by atoms with Gasteiger partial charge in [0.1, 0.15) is 0 Å². The predicted octanol–water partition coefficient (Wildman–Crippen LogP) is 3.60. The van der Waals surface area contributed by atoms with E-state index >= 15 is 0 Å². The third-order valence-corrected chi connectivity index (χ3v) is 4.73. The van der Waals surface area contributed by atoms with Gasteiger partial charge in [0.15, 0.2) is 0 Å². The highest BCUT2D eigenvalue weighted by Gasteiger charge is 2.05. The molecule has 0 spiro atoms. The van der Waals surface area contributed by atoms with Crippen LogP contribution in [-0.2, 0) is 14.4 Å². The smallest absolute Gasteiger partial charge is 0.328 e. The molecule has 6 nitrogen and oxygen atoms in total. The molecule has 0 atom stereocenters. The number of thioether (sulfide) groups is 1. The van der Waals surface area contributed by atoms with Gasteiger partial charge in [-0.25, -0.2) is 4.79 Å². The molecule has 134 valence electrons. The largest absolute Gasteiger partial charge is 0.478 e. The number of hydrogen-bond donors (Lipinski definition) is 3. The first-order chi connectivity index (χ1) is 12.4. The van der Waals surface area contributed by atoms with Crippen LogP contribution in [0.2, 0.25) is 0 Å². The van der Waals surface area contributed by atoms with Crippen LogP contribution in [0.5, 0.6) is 0 Å². The summed E-state index contributed by atoms with van der Waals surface area (Å²) >= 11 is 3.57. The Kier molecular flexibility index (Phi) is 7.67. The molecule has 2 aromatic carbocycles. The number of rotatable bonds is 7. The SMILES string of the molecule is O=C(O)/C=C/C(=O)Nc1ccc(SCC(=O)Nc2ccc(I)cc2)cc1. The number of halogens is 1. The fourth-order valence-corrected chi connectivity index (χ4v) is 2.90. The zero-order chi connectivity index (χ0) is 18.9. The summed E-state index contributed by atoms with van der Waals surface area (Å²) in [6, 6.07) is 14.5. The number of anilines is 2. The van der Waals surface area contributed by atoms with Crippen LogP contribution in [0.3, 0.4) is 0 Å². The van der Waals surface area contributed by atoms with Crippen LogP contribution in [0.25, 0.3) is 0 Å². The minimum absolute atomic E-state index is 0.104. The van der Waals surface area contributed by atoms with Crippen molar-refractivity contribution >= 4 is 63.5 Å². The molecular weight excluding hydrogens is 467 g/mol. The van der Waals surface area contributed by atoms with Crippen molar-refractivity contribution in [3.8, 4) is 0 Å². The molecule has 0 radical (unpaired) electrons. The van der Waals surface area contributed by atoms with E-state index in [2.05, 4.69) is 33.2 Å². The van der Waals surface area contributed by atoms with Crippen LogP contribution < -0.4 is 10.6 Å². The quantitative estimate of drug-likeness (QED) is 0.319. The normalized spacial score (nSPS) is 10.5. The molecule has 2 aromatic rings. The van der Waals surface area contributed by atoms with Gasteiger partial charge in [0.05, 0.1) is 5.75 Å². The van der Waals surface area contributed by atoms with E-state index < -0.39 is 11.9 Å². The summed E-state index contributed by atoms with van der Waals surface area (Å²) in [5.74, 6) is -1.55. The molecule has 0 saturated carbocycles. The van der Waals surface area contributed by atoms with Gasteiger partial charge in [0.25, 0.3) is 0 Å². The topological polar surface area (TPSA) is 95.5 Å². The molecule has 3 N–H and O–H groups in total. The van der Waals surface area contributed by atoms with Gasteiger partial charge in [-0.05, 0) is 71.1 Å². The number of nitrogens with one attached hydrogen (secondary N) is 2. The Hall–Kier alpha value is -2.33. The monoisotopic (exact) mass is 482 g/mol. The number of aliphatic carboxylic acids is 1. The Morgan fingerprint density at radius 1 is 0.923 bits per heavy atom. The average molecular weight is 482 g/mol. The number of benzene rings is 2. The molecule has 0 aromatic heterocycles. The van der Waals surface area contributed by atoms with Crippen molar-refractivity contribution in [2.24, 2.45) is 0 Å². The minimum Gasteiger partial charge on any atom is -0.478 e. The standard InChI is InChI=1S/C18H15IN2O4S/c19-12-1-3-13(4-2-12)21-17(23)11-26-15-7-5-14(6-8-15)20-16(22)9-10-18(24)25/h1-10H,11H2,(H,20,22)(H,21,23)(H,24,25)/b10-9+. The van der Waals surface area contributed by atoms with Crippen LogP contribution in [0.1, 0.15) is 0 Å². The van der Waals surface area contributed by atoms with Gasteiger partial charge in [-0.15, -0.1) is 11.8 Å². The summed E-state index contributed by atoms with van der Waals surface area (Å²) in [5, 5.41) is 13.8. The molecule has 26 heavy (non-hydrogen) atoms. The van der Waals surface area contributed by atoms with E-state index in [1.54, 1.807) is 24.3 Å². The first-order valence-electron chi connectivity index (χ1n) is 7.42. The summed E-state index contributed by atoms with van der Waals surface area (Å²) in [6.45, 7) is 0. The molecule has 2 amide bonds. The molecule has 0 heterocycles. The number of hydrogen-bond acceptors (Lipinski definition) is 4. The Bertz CT molecular complexity index is 820. The Labute approximate surface area is 168 Å². The Balaban J connectivity index is 1.81. The molecule has 0 fully saturated rings. The number of carboxylic acids is 1. The summed E-state index contributed by atoms with van der Waals surface area (Å²) in [6.07, 6.45) is 1.71. The molecule has 0 aliphatic carbocycles. The lowest BCUT2D eigenvalue weighted by Gasteiger charge is -2.06. The van der Waals surface area contributed by atoms with Gasteiger partial charge in [0, 0.05) is 32.0 Å². The van der Waals surface area contributed by atoms with Gasteiger partial charge in [-0.3, -0.25) is 9.59 Å². The highest BCUT2D eigenvalue weighted by Crippen LogP contribution is 2.21. The second-order valence-corrected chi connectivity index (χ2v) is 7.32. The van der Waals surface area contributed by atoms with Gasteiger partial charge < -0.3 is 15.7 Å². The molecule has 0 unspecified atom stereocenters. The first-order valence-corrected chi connectivity index (χ1v) is 9.49. The van der Waals surface area contributed by atoms with Crippen molar-refractivity contribution in [2.45, 2.75) is 4.90 Å². The highest BCUT2D eigenvalue weighted by atomic mass is 127. The van der Waals surface area contributed by atoms with Gasteiger partial charge in [0.2, 0.25) is 11.8 Å². The number of carboxylic acid groups (broad SMARTS) is 1. The molecule has 2 rings (SSSR count). The van der Waals surface area contributed by atoms with E-state index in [-0.39, 0.29) is 11.7 Å². The van der Waals surface area contributed by atoms with Gasteiger partial charge >= 0.3 is 5.97 Å². The highest BCUT2D eigenvalue weighted by molar-refractivity contribution is 14.1. The van der Waals surface area contributed by atoms with E-state index in [1.165, 1.54) is 11.8 Å². The maximum absolute atomic E-state index is 12.0. The van der Waals surface area contributed by atoms with E-state index in [4.69, 9.17) is 5.11 Å². The molecule has 0 bridgehead atoms. The molecule has 0 saturated heterocycles. The van der Waals surface area contributed by atoms with Crippen molar-refractivity contribution in [3.05, 3.63) is 64.3 Å². The van der Waals surface area contributed by atoms with Crippen molar-refractivity contribution in [1.29, 1.82) is 0 Å². The fourth-order valence-electron chi connectivity index (χ4n) is 1.84. The summed E-state index contributed by atoms with van der Waals surface area (Å²) in [7, 11) is 0. The molecule has 0 aliphatic heterocycles. The Morgan fingerprint density at radius 2 is 1.50 bits per heavy atom. The lowest BCUT2D eigenvalue weighted by molar-refractivity contribution is -0.131. The average Bonchev–Trinajstić information content (AvgIpc) is 2.61. The zero-order valence-corrected chi connectivity index (χ0v) is 16.4. The van der Waals surface area contributed by atoms with Gasteiger partial charge in [-0.1, -0.05) is 0 Å². The van der Waals surface area contributed by atoms with Gasteiger partial charge in [-0.2, -0.15) is 0 Å². The van der Waals surface area contributed by atoms with Crippen molar-refractivity contribution in [1.82, 2.24) is 0 Å². The van der Waals surface area contributed by atoms with Crippen LogP contribution in [0, 0.1) is 3.57 Å². The lowest BCUT2D eigenvalue weighted by atomic mass is 10.3. The summed E-state index contributed by atoms with van der Waals surface area (Å²) in [4.78, 5) is 34.7. The van der Waals surface area contributed by atoms with E-state index in [9.17, 15) is 14.4 Å². The summed E-state index contributed by atoms with van der Waals surface area (Å²) < 4.78 is 1.10. The van der Waals surface area contributed by atoms with Crippen molar-refractivity contribution < 1.29 is 19.5 Å². The molecule has 8 heteroatoms. The zero-order valence-electron chi connectivity index (χ0n) is 13.4. The van der Waals surface area contributed by atoms with Crippen LogP contribution in [-0.4, -0.2) is 28.6 Å². The third kappa shape index (κ3) is 7.28. The van der Waals surface area contributed by atoms with Crippen molar-refractivity contribution in [2.75, 3.05) is 16.4 Å². The van der Waals surface area contributed by atoms with E-state index in [0.29, 0.717) is 5.69 Å². The van der Waals surface area contributed by atoms with Crippen LogP contribution >= 0.6 is 34.4 Å². The minimum atomic E-state index is -1.18. The number of carbonyl (C=O) groups excluding carboxylic acids is 2. The van der Waals surface area contributed by atoms with E-state index in [0.717, 1.165) is 26.3 Å². The number of carbonyl (C=O) groups is 3. The molecule has 0 aliphatic rings. The number of amides is 2. The molecular formula is C18H15IN2O4S. The maximum Gasteiger partial charge on any atom is 0.328 e. The fraction of sp³-hybridized carbons (Fsp3) is 0.0556. The predicted molar refractivity (Wildman–Crippen MR) is 110 cm³/mol. The van der Waals surface area contributed by atoms with Crippen LogP contribution in [0.15, 0.2) is 65.6 Å². The summed E-state index contributed by atoms with van der Waals surface area (Å²) in [5.41, 5.74) is 1.29. The maximum atomic E-state index is 12.0. The lowest BCUT2D eigenvalue weighted by Crippen LogP contribution is -2.13. The first kappa shape index (κ1) is 20.0.